The lowest BCUT2D eigenvalue weighted by Gasteiger charge is -2.08. The Morgan fingerprint density at radius 2 is 2.26 bits per heavy atom. The highest BCUT2D eigenvalue weighted by Gasteiger charge is 2.06. The molecule has 19 heavy (non-hydrogen) atoms. The Bertz CT molecular complexity index is 510. The average molecular weight is 260 g/mol. The fourth-order valence-electron chi connectivity index (χ4n) is 1.93. The Morgan fingerprint density at radius 3 is 3.05 bits per heavy atom. The highest BCUT2D eigenvalue weighted by Crippen LogP contribution is 2.12. The molecule has 1 aromatic heterocycles. The topological polar surface area (TPSA) is 52.0 Å². The van der Waals surface area contributed by atoms with Gasteiger partial charge in [0.1, 0.15) is 0 Å². The molecule has 0 atom stereocenters. The maximum absolute atomic E-state index is 5.15. The number of hydrogen-bond donors (Lipinski definition) is 1. The smallest absolute Gasteiger partial charge is 0.0783 e. The van der Waals surface area contributed by atoms with E-state index in [1.54, 1.807) is 13.3 Å². The van der Waals surface area contributed by atoms with Gasteiger partial charge in [-0.2, -0.15) is 0 Å². The van der Waals surface area contributed by atoms with Crippen LogP contribution in [0.1, 0.15) is 24.6 Å². The van der Waals surface area contributed by atoms with E-state index in [1.165, 1.54) is 0 Å². The van der Waals surface area contributed by atoms with Crippen LogP contribution in [0.3, 0.4) is 0 Å². The zero-order chi connectivity index (χ0) is 13.5. The number of rotatable bonds is 7. The van der Waals surface area contributed by atoms with E-state index in [2.05, 4.69) is 28.6 Å². The van der Waals surface area contributed by atoms with Crippen molar-refractivity contribution in [2.45, 2.75) is 26.5 Å². The summed E-state index contributed by atoms with van der Waals surface area (Å²) in [6.45, 7) is 4.52. The normalized spacial score (nSPS) is 10.8. The first-order chi connectivity index (χ1) is 9.35. The van der Waals surface area contributed by atoms with Gasteiger partial charge in [0.15, 0.2) is 0 Å². The van der Waals surface area contributed by atoms with Gasteiger partial charge in [0.2, 0.25) is 0 Å². The zero-order valence-electron chi connectivity index (χ0n) is 11.5. The van der Waals surface area contributed by atoms with E-state index in [4.69, 9.17) is 4.74 Å². The quantitative estimate of drug-likeness (QED) is 0.773. The molecule has 0 fully saturated rings. The molecule has 0 unspecified atom stereocenters. The molecule has 1 heterocycles. The standard InChI is InChI=1S/C14H20N4O/c1-3-7-15-9-14-10-16-17-18(14)13-6-4-5-12(8-13)11-19-2/h4-6,8,10,15H,3,7,9,11H2,1-2H3. The number of nitrogens with zero attached hydrogens (tertiary/aromatic N) is 3. The second-order valence-electron chi connectivity index (χ2n) is 4.42. The van der Waals surface area contributed by atoms with Crippen molar-refractivity contribution in [3.63, 3.8) is 0 Å². The van der Waals surface area contributed by atoms with E-state index in [1.807, 2.05) is 22.9 Å². The molecule has 0 saturated carbocycles. The molecular formula is C14H20N4O. The molecule has 0 bridgehead atoms. The third-order valence-corrected chi connectivity index (χ3v) is 2.82. The van der Waals surface area contributed by atoms with Crippen molar-refractivity contribution in [3.05, 3.63) is 41.7 Å². The minimum absolute atomic E-state index is 0.603. The van der Waals surface area contributed by atoms with Gasteiger partial charge in [0, 0.05) is 13.7 Å². The number of hydrogen-bond acceptors (Lipinski definition) is 4. The van der Waals surface area contributed by atoms with Crippen molar-refractivity contribution in [2.75, 3.05) is 13.7 Å². The molecule has 0 aliphatic rings. The van der Waals surface area contributed by atoms with Crippen molar-refractivity contribution in [1.29, 1.82) is 0 Å². The Kier molecular flexibility index (Phi) is 5.06. The van der Waals surface area contributed by atoms with Gasteiger partial charge in [-0.25, -0.2) is 4.68 Å². The van der Waals surface area contributed by atoms with E-state index < -0.39 is 0 Å². The number of aromatic nitrogens is 3. The van der Waals surface area contributed by atoms with Crippen LogP contribution in [-0.4, -0.2) is 28.6 Å². The number of nitrogens with one attached hydrogen (secondary N) is 1. The van der Waals surface area contributed by atoms with E-state index in [-0.39, 0.29) is 0 Å². The van der Waals surface area contributed by atoms with Gasteiger partial charge in [0.05, 0.1) is 24.2 Å². The van der Waals surface area contributed by atoms with Crippen molar-refractivity contribution in [2.24, 2.45) is 0 Å². The minimum atomic E-state index is 0.603. The number of methoxy groups -OCH3 is 1. The number of benzene rings is 1. The van der Waals surface area contributed by atoms with Gasteiger partial charge in [0.25, 0.3) is 0 Å². The van der Waals surface area contributed by atoms with Crippen molar-refractivity contribution >= 4 is 0 Å². The number of ether oxygens (including phenoxy) is 1. The highest BCUT2D eigenvalue weighted by molar-refractivity contribution is 5.35. The van der Waals surface area contributed by atoms with Crippen LogP contribution in [-0.2, 0) is 17.9 Å². The summed E-state index contributed by atoms with van der Waals surface area (Å²) in [5.41, 5.74) is 3.20. The summed E-state index contributed by atoms with van der Waals surface area (Å²) >= 11 is 0. The Morgan fingerprint density at radius 1 is 1.37 bits per heavy atom. The van der Waals surface area contributed by atoms with Crippen molar-refractivity contribution in [3.8, 4) is 5.69 Å². The predicted molar refractivity (Wildman–Crippen MR) is 74.1 cm³/mol. The maximum atomic E-state index is 5.15. The molecule has 1 aromatic carbocycles. The lowest BCUT2D eigenvalue weighted by molar-refractivity contribution is 0.185. The Labute approximate surface area is 113 Å². The predicted octanol–water partition coefficient (Wildman–Crippen LogP) is 1.91. The van der Waals surface area contributed by atoms with E-state index in [0.717, 1.165) is 36.5 Å². The van der Waals surface area contributed by atoms with E-state index >= 15 is 0 Å². The Balaban J connectivity index is 2.16. The molecule has 5 nitrogen and oxygen atoms in total. The molecule has 2 rings (SSSR count). The largest absolute Gasteiger partial charge is 0.380 e. The van der Waals surface area contributed by atoms with Gasteiger partial charge in [-0.15, -0.1) is 5.10 Å². The van der Waals surface area contributed by atoms with E-state index in [9.17, 15) is 0 Å². The molecule has 2 aromatic rings. The fraction of sp³-hybridized carbons (Fsp3) is 0.429. The van der Waals surface area contributed by atoms with Crippen molar-refractivity contribution < 1.29 is 4.74 Å². The highest BCUT2D eigenvalue weighted by atomic mass is 16.5. The fourth-order valence-corrected chi connectivity index (χ4v) is 1.93. The Hall–Kier alpha value is -1.72. The van der Waals surface area contributed by atoms with Crippen LogP contribution in [0.25, 0.3) is 5.69 Å². The first kappa shape index (κ1) is 13.7. The second kappa shape index (κ2) is 7.01. The molecular weight excluding hydrogens is 240 g/mol. The van der Waals surface area contributed by atoms with Crippen LogP contribution >= 0.6 is 0 Å². The molecule has 102 valence electrons. The van der Waals surface area contributed by atoms with Gasteiger partial charge >= 0.3 is 0 Å². The summed E-state index contributed by atoms with van der Waals surface area (Å²) in [4.78, 5) is 0. The summed E-state index contributed by atoms with van der Waals surface area (Å²) in [6, 6.07) is 8.15. The SMILES string of the molecule is CCCNCc1cnnn1-c1cccc(COC)c1. The molecule has 0 radical (unpaired) electrons. The van der Waals surface area contributed by atoms with Crippen molar-refractivity contribution in [1.82, 2.24) is 20.3 Å². The minimum Gasteiger partial charge on any atom is -0.380 e. The van der Waals surface area contributed by atoms with E-state index in [0.29, 0.717) is 6.61 Å². The summed E-state index contributed by atoms with van der Waals surface area (Å²) in [6.07, 6.45) is 2.91. The lowest BCUT2D eigenvalue weighted by Crippen LogP contribution is -2.16. The average Bonchev–Trinajstić information content (AvgIpc) is 2.88. The molecule has 1 N–H and O–H groups in total. The zero-order valence-corrected chi connectivity index (χ0v) is 11.5. The van der Waals surface area contributed by atoms with Gasteiger partial charge in [-0.1, -0.05) is 24.3 Å². The molecule has 0 spiro atoms. The molecule has 0 saturated heterocycles. The maximum Gasteiger partial charge on any atom is 0.0783 e. The van der Waals surface area contributed by atoms with Crippen LogP contribution < -0.4 is 5.32 Å². The summed E-state index contributed by atoms with van der Waals surface area (Å²) in [7, 11) is 1.70. The first-order valence-electron chi connectivity index (χ1n) is 6.53. The molecule has 0 aliphatic carbocycles. The van der Waals surface area contributed by atoms with Gasteiger partial charge in [-0.05, 0) is 30.7 Å². The van der Waals surface area contributed by atoms with Gasteiger partial charge in [-0.3, -0.25) is 0 Å². The summed E-state index contributed by atoms with van der Waals surface area (Å²) < 4.78 is 7.02. The monoisotopic (exact) mass is 260 g/mol. The molecule has 0 aliphatic heterocycles. The second-order valence-corrected chi connectivity index (χ2v) is 4.42. The van der Waals surface area contributed by atoms with Crippen LogP contribution in [0, 0.1) is 0 Å². The van der Waals surface area contributed by atoms with Crippen LogP contribution in [0.2, 0.25) is 0 Å². The van der Waals surface area contributed by atoms with Crippen LogP contribution in [0.5, 0.6) is 0 Å². The summed E-state index contributed by atoms with van der Waals surface area (Å²) in [5.74, 6) is 0. The third kappa shape index (κ3) is 3.62. The molecule has 0 amide bonds. The summed E-state index contributed by atoms with van der Waals surface area (Å²) in [5, 5.41) is 11.5. The molecule has 5 heteroatoms. The van der Waals surface area contributed by atoms with Gasteiger partial charge < -0.3 is 10.1 Å². The van der Waals surface area contributed by atoms with Crippen LogP contribution in [0.15, 0.2) is 30.5 Å². The first-order valence-corrected chi connectivity index (χ1v) is 6.53. The lowest BCUT2D eigenvalue weighted by atomic mass is 10.2. The van der Waals surface area contributed by atoms with Crippen LogP contribution in [0.4, 0.5) is 0 Å². The third-order valence-electron chi connectivity index (χ3n) is 2.82.